The summed E-state index contributed by atoms with van der Waals surface area (Å²) in [6.45, 7) is 5.02. The van der Waals surface area contributed by atoms with E-state index < -0.39 is 23.6 Å². The van der Waals surface area contributed by atoms with Crippen molar-refractivity contribution in [2.24, 2.45) is 0 Å². The fourth-order valence-corrected chi connectivity index (χ4v) is 5.00. The highest BCUT2D eigenvalue weighted by Gasteiger charge is 2.23. The normalized spacial score (nSPS) is 11.1. The SMILES string of the molecule is Cc1nc(NC(=O)c2sc3cc(F)ccc3c2Cl)c(C)c(C)c1-c1nc(F)ccc1C(=O)O. The van der Waals surface area contributed by atoms with E-state index in [-0.39, 0.29) is 27.0 Å². The van der Waals surface area contributed by atoms with Crippen molar-refractivity contribution >= 4 is 50.7 Å². The van der Waals surface area contributed by atoms with E-state index in [0.717, 1.165) is 23.5 Å². The third kappa shape index (κ3) is 4.05. The number of benzene rings is 1. The van der Waals surface area contributed by atoms with Crippen LogP contribution in [0.1, 0.15) is 36.9 Å². The predicted octanol–water partition coefficient (Wildman–Crippen LogP) is 6.17. The summed E-state index contributed by atoms with van der Waals surface area (Å²) in [5.74, 6) is -2.77. The smallest absolute Gasteiger partial charge is 0.337 e. The lowest BCUT2D eigenvalue weighted by Crippen LogP contribution is -2.15. The molecule has 4 aromatic rings. The molecular formula is C23H16ClF2N3O3S. The minimum absolute atomic E-state index is 0.0412. The Kier molecular flexibility index (Phi) is 5.85. The summed E-state index contributed by atoms with van der Waals surface area (Å²) < 4.78 is 27.9. The molecule has 4 rings (SSSR count). The minimum Gasteiger partial charge on any atom is -0.478 e. The molecule has 10 heteroatoms. The number of rotatable bonds is 4. The van der Waals surface area contributed by atoms with E-state index in [2.05, 4.69) is 15.3 Å². The number of amides is 1. The lowest BCUT2D eigenvalue weighted by molar-refractivity contribution is 0.0697. The van der Waals surface area contributed by atoms with Gasteiger partial charge in [0.05, 0.1) is 16.3 Å². The van der Waals surface area contributed by atoms with E-state index in [1.54, 1.807) is 20.8 Å². The van der Waals surface area contributed by atoms with Crippen LogP contribution < -0.4 is 5.32 Å². The Bertz CT molecular complexity index is 1470. The Morgan fingerprint density at radius 1 is 1.06 bits per heavy atom. The van der Waals surface area contributed by atoms with Crippen LogP contribution in [0.3, 0.4) is 0 Å². The number of aromatic carboxylic acids is 1. The first kappa shape index (κ1) is 22.8. The molecule has 1 amide bonds. The summed E-state index contributed by atoms with van der Waals surface area (Å²) >= 11 is 7.41. The number of fused-ring (bicyclic) bond motifs is 1. The molecule has 0 unspecified atom stereocenters. The average molecular weight is 488 g/mol. The summed E-state index contributed by atoms with van der Waals surface area (Å²) in [5, 5.41) is 13.0. The maximum absolute atomic E-state index is 13.8. The summed E-state index contributed by atoms with van der Waals surface area (Å²) in [4.78, 5) is 33.0. The number of aromatic nitrogens is 2. The monoisotopic (exact) mass is 487 g/mol. The molecule has 0 aliphatic heterocycles. The van der Waals surface area contributed by atoms with E-state index in [9.17, 15) is 23.5 Å². The van der Waals surface area contributed by atoms with E-state index in [4.69, 9.17) is 11.6 Å². The van der Waals surface area contributed by atoms with Gasteiger partial charge < -0.3 is 10.4 Å². The number of nitrogens with one attached hydrogen (secondary N) is 1. The summed E-state index contributed by atoms with van der Waals surface area (Å²) in [6, 6.07) is 6.22. The number of nitrogens with zero attached hydrogens (tertiary/aromatic N) is 2. The molecule has 0 radical (unpaired) electrons. The third-order valence-corrected chi connectivity index (χ3v) is 6.95. The largest absolute Gasteiger partial charge is 0.478 e. The van der Waals surface area contributed by atoms with E-state index in [1.807, 2.05) is 0 Å². The highest BCUT2D eigenvalue weighted by molar-refractivity contribution is 7.21. The van der Waals surface area contributed by atoms with Crippen LogP contribution in [0.2, 0.25) is 5.02 Å². The first-order chi connectivity index (χ1) is 15.6. The van der Waals surface area contributed by atoms with Gasteiger partial charge >= 0.3 is 5.97 Å². The standard InChI is InChI=1S/C23H16ClF2N3O3S/c1-9-10(2)21(27-11(3)17(9)19-14(23(31)32)6-7-16(26)28-19)29-22(30)20-18(24)13-5-4-12(25)8-15(13)33-20/h4-8H,1-3H3,(H,31,32)(H,27,29,30). The van der Waals surface area contributed by atoms with Crippen molar-refractivity contribution in [3.8, 4) is 11.3 Å². The van der Waals surface area contributed by atoms with Crippen LogP contribution in [0, 0.1) is 32.5 Å². The van der Waals surface area contributed by atoms with Gasteiger partial charge in [-0.2, -0.15) is 4.39 Å². The van der Waals surface area contributed by atoms with E-state index in [0.29, 0.717) is 32.5 Å². The molecule has 0 spiro atoms. The van der Waals surface area contributed by atoms with Crippen LogP contribution in [0.5, 0.6) is 0 Å². The Morgan fingerprint density at radius 3 is 2.48 bits per heavy atom. The van der Waals surface area contributed by atoms with Gasteiger partial charge in [-0.1, -0.05) is 11.6 Å². The van der Waals surface area contributed by atoms with Crippen LogP contribution >= 0.6 is 22.9 Å². The summed E-state index contributed by atoms with van der Waals surface area (Å²) in [5.41, 5.74) is 1.67. The number of aryl methyl sites for hydroxylation is 1. The van der Waals surface area contributed by atoms with Gasteiger partial charge in [0, 0.05) is 21.3 Å². The lowest BCUT2D eigenvalue weighted by atomic mass is 9.96. The molecule has 3 aromatic heterocycles. The average Bonchev–Trinajstić information content (AvgIpc) is 3.07. The van der Waals surface area contributed by atoms with Crippen molar-refractivity contribution < 1.29 is 23.5 Å². The Balaban J connectivity index is 1.76. The third-order valence-electron chi connectivity index (χ3n) is 5.29. The number of carbonyl (C=O) groups is 2. The first-order valence-corrected chi connectivity index (χ1v) is 10.8. The van der Waals surface area contributed by atoms with Gasteiger partial charge in [0.2, 0.25) is 5.95 Å². The van der Waals surface area contributed by atoms with E-state index in [1.165, 1.54) is 18.2 Å². The molecule has 0 atom stereocenters. The van der Waals surface area contributed by atoms with Crippen LogP contribution in [0.25, 0.3) is 21.3 Å². The zero-order valence-electron chi connectivity index (χ0n) is 17.6. The minimum atomic E-state index is -1.25. The molecule has 0 aliphatic rings. The zero-order valence-corrected chi connectivity index (χ0v) is 19.2. The molecule has 2 N–H and O–H groups in total. The number of thiophene rings is 1. The molecule has 0 saturated carbocycles. The predicted molar refractivity (Wildman–Crippen MR) is 123 cm³/mol. The van der Waals surface area contributed by atoms with Crippen molar-refractivity contribution in [1.82, 2.24) is 9.97 Å². The van der Waals surface area contributed by atoms with Gasteiger partial charge in [0.25, 0.3) is 5.91 Å². The molecule has 168 valence electrons. The van der Waals surface area contributed by atoms with Crippen LogP contribution in [-0.4, -0.2) is 27.0 Å². The molecule has 0 saturated heterocycles. The number of carboxylic acid groups (broad SMARTS) is 1. The Hall–Kier alpha value is -3.43. The molecule has 0 aliphatic carbocycles. The van der Waals surface area contributed by atoms with Crippen molar-refractivity contribution in [2.45, 2.75) is 20.8 Å². The number of carboxylic acids is 1. The van der Waals surface area contributed by atoms with Crippen LogP contribution in [-0.2, 0) is 0 Å². The van der Waals surface area contributed by atoms with E-state index >= 15 is 0 Å². The second kappa shape index (κ2) is 8.49. The molecule has 0 fully saturated rings. The molecule has 0 bridgehead atoms. The first-order valence-electron chi connectivity index (χ1n) is 9.65. The summed E-state index contributed by atoms with van der Waals surface area (Å²) in [7, 11) is 0. The van der Waals surface area contributed by atoms with Crippen LogP contribution in [0.15, 0.2) is 30.3 Å². The van der Waals surface area contributed by atoms with Gasteiger partial charge in [0.15, 0.2) is 0 Å². The number of carbonyl (C=O) groups excluding carboxylic acids is 1. The molecule has 3 heterocycles. The highest BCUT2D eigenvalue weighted by atomic mass is 35.5. The fraction of sp³-hybridized carbons (Fsp3) is 0.130. The van der Waals surface area contributed by atoms with Gasteiger partial charge in [-0.25, -0.2) is 19.2 Å². The quantitative estimate of drug-likeness (QED) is 0.336. The fourth-order valence-electron chi connectivity index (χ4n) is 3.56. The Morgan fingerprint density at radius 2 is 1.79 bits per heavy atom. The molecular weight excluding hydrogens is 472 g/mol. The highest BCUT2D eigenvalue weighted by Crippen LogP contribution is 2.37. The van der Waals surface area contributed by atoms with Crippen molar-refractivity contribution in [1.29, 1.82) is 0 Å². The number of hydrogen-bond acceptors (Lipinski definition) is 5. The second-order valence-corrected chi connectivity index (χ2v) is 8.78. The van der Waals surface area contributed by atoms with Crippen molar-refractivity contribution in [3.63, 3.8) is 0 Å². The molecule has 6 nitrogen and oxygen atoms in total. The summed E-state index contributed by atoms with van der Waals surface area (Å²) in [6.07, 6.45) is 0. The lowest BCUT2D eigenvalue weighted by Gasteiger charge is -2.17. The molecule has 33 heavy (non-hydrogen) atoms. The van der Waals surface area contributed by atoms with Gasteiger partial charge in [-0.3, -0.25) is 4.79 Å². The van der Waals surface area contributed by atoms with Crippen molar-refractivity contribution in [3.05, 3.63) is 74.4 Å². The number of pyridine rings is 2. The molecule has 1 aromatic carbocycles. The van der Waals surface area contributed by atoms with Gasteiger partial charge in [0.1, 0.15) is 16.5 Å². The Labute approximate surface area is 195 Å². The zero-order chi connectivity index (χ0) is 24.0. The van der Waals surface area contributed by atoms with Crippen molar-refractivity contribution in [2.75, 3.05) is 5.32 Å². The maximum Gasteiger partial charge on any atom is 0.337 e. The second-order valence-electron chi connectivity index (χ2n) is 7.35. The van der Waals surface area contributed by atoms with Gasteiger partial charge in [-0.05, 0) is 62.2 Å². The maximum atomic E-state index is 13.8. The topological polar surface area (TPSA) is 92.2 Å². The number of hydrogen-bond donors (Lipinski definition) is 2. The number of halogens is 3. The van der Waals surface area contributed by atoms with Crippen LogP contribution in [0.4, 0.5) is 14.6 Å². The van der Waals surface area contributed by atoms with Gasteiger partial charge in [-0.15, -0.1) is 11.3 Å². The number of anilines is 1.